The van der Waals surface area contributed by atoms with Crippen molar-refractivity contribution < 1.29 is 28.6 Å². The van der Waals surface area contributed by atoms with Crippen LogP contribution < -0.4 is 0 Å². The van der Waals surface area contributed by atoms with E-state index in [1.54, 1.807) is 0 Å². The number of allylic oxidation sites excluding steroid dienone is 14. The van der Waals surface area contributed by atoms with Crippen LogP contribution in [0.2, 0.25) is 0 Å². The van der Waals surface area contributed by atoms with E-state index in [0.717, 1.165) is 77.0 Å². The molecular weight excluding hydrogens is 913 g/mol. The maximum atomic E-state index is 12.9. The van der Waals surface area contributed by atoms with Crippen molar-refractivity contribution in [2.24, 2.45) is 0 Å². The summed E-state index contributed by atoms with van der Waals surface area (Å²) >= 11 is 0. The van der Waals surface area contributed by atoms with Crippen LogP contribution in [0.5, 0.6) is 0 Å². The summed E-state index contributed by atoms with van der Waals surface area (Å²) in [4.78, 5) is 38.3. The Hall–Kier alpha value is -3.41. The minimum atomic E-state index is -0.819. The summed E-state index contributed by atoms with van der Waals surface area (Å²) < 4.78 is 16.9. The first-order valence-electron chi connectivity index (χ1n) is 31.6. The number of rotatable bonds is 57. The van der Waals surface area contributed by atoms with Crippen LogP contribution in [0.25, 0.3) is 0 Å². The SMILES string of the molecule is CC/C=C\C/C=C\C/C=C\C/C=C\C/C=C\C/C=C\CCC(=O)OC(COC(=O)CCCCCCCCC/C=C\CCCCCCCC)COC(=O)CCCCCCCCCCCCCCCCCCCCCC. The highest BCUT2D eigenvalue weighted by molar-refractivity contribution is 5.71. The number of unbranched alkanes of at least 4 members (excludes halogenated alkanes) is 32. The molecule has 0 N–H and O–H groups in total. The first-order valence-corrected chi connectivity index (χ1v) is 31.6. The monoisotopic (exact) mass is 1030 g/mol. The predicted octanol–water partition coefficient (Wildman–Crippen LogP) is 21.5. The Morgan fingerprint density at radius 3 is 0.878 bits per heavy atom. The molecular formula is C68H118O6. The zero-order valence-corrected chi connectivity index (χ0v) is 48.8. The third-order valence-electron chi connectivity index (χ3n) is 13.6. The van der Waals surface area contributed by atoms with Gasteiger partial charge in [-0.2, -0.15) is 0 Å². The molecule has 0 fully saturated rings. The lowest BCUT2D eigenvalue weighted by atomic mass is 10.0. The van der Waals surface area contributed by atoms with Crippen LogP contribution in [0.3, 0.4) is 0 Å². The first kappa shape index (κ1) is 70.6. The fourth-order valence-electron chi connectivity index (χ4n) is 8.94. The molecule has 0 aromatic rings. The van der Waals surface area contributed by atoms with Crippen molar-refractivity contribution in [3.05, 3.63) is 85.1 Å². The van der Waals surface area contributed by atoms with E-state index in [4.69, 9.17) is 14.2 Å². The van der Waals surface area contributed by atoms with Gasteiger partial charge in [-0.1, -0.05) is 292 Å². The summed E-state index contributed by atoms with van der Waals surface area (Å²) in [6.45, 7) is 6.50. The van der Waals surface area contributed by atoms with Gasteiger partial charge in [-0.05, 0) is 83.5 Å². The Kier molecular flexibility index (Phi) is 59.3. The second kappa shape index (κ2) is 62.1. The quantitative estimate of drug-likeness (QED) is 0.0261. The molecule has 0 saturated heterocycles. The van der Waals surface area contributed by atoms with Crippen LogP contribution in [-0.4, -0.2) is 37.2 Å². The number of ether oxygens (including phenoxy) is 3. The van der Waals surface area contributed by atoms with Crippen LogP contribution in [0.1, 0.15) is 310 Å². The summed E-state index contributed by atoms with van der Waals surface area (Å²) in [6, 6.07) is 0. The first-order chi connectivity index (χ1) is 36.5. The number of hydrogen-bond acceptors (Lipinski definition) is 6. The lowest BCUT2D eigenvalue weighted by Gasteiger charge is -2.18. The van der Waals surface area contributed by atoms with E-state index in [0.29, 0.717) is 19.3 Å². The van der Waals surface area contributed by atoms with Gasteiger partial charge in [0.2, 0.25) is 0 Å². The number of hydrogen-bond donors (Lipinski definition) is 0. The zero-order chi connectivity index (χ0) is 53.6. The van der Waals surface area contributed by atoms with E-state index >= 15 is 0 Å². The molecule has 0 amide bonds. The van der Waals surface area contributed by atoms with Crippen molar-refractivity contribution >= 4 is 17.9 Å². The Morgan fingerprint density at radius 1 is 0.284 bits per heavy atom. The van der Waals surface area contributed by atoms with Gasteiger partial charge in [-0.3, -0.25) is 14.4 Å². The minimum absolute atomic E-state index is 0.105. The molecule has 6 heteroatoms. The molecule has 0 radical (unpaired) electrons. The Balaban J connectivity index is 4.46. The molecule has 0 bridgehead atoms. The van der Waals surface area contributed by atoms with Crippen LogP contribution in [0.15, 0.2) is 85.1 Å². The molecule has 1 unspecified atom stereocenters. The van der Waals surface area contributed by atoms with Gasteiger partial charge in [0.05, 0.1) is 0 Å². The molecule has 0 heterocycles. The second-order valence-corrected chi connectivity index (χ2v) is 20.9. The molecule has 0 spiro atoms. The largest absolute Gasteiger partial charge is 0.462 e. The number of esters is 3. The second-order valence-electron chi connectivity index (χ2n) is 20.9. The number of carbonyl (C=O) groups is 3. The van der Waals surface area contributed by atoms with Crippen molar-refractivity contribution in [1.29, 1.82) is 0 Å². The zero-order valence-electron chi connectivity index (χ0n) is 48.8. The van der Waals surface area contributed by atoms with Gasteiger partial charge >= 0.3 is 17.9 Å². The average Bonchev–Trinajstić information content (AvgIpc) is 3.40. The van der Waals surface area contributed by atoms with Gasteiger partial charge in [0.15, 0.2) is 6.10 Å². The van der Waals surface area contributed by atoms with E-state index in [2.05, 4.69) is 99.8 Å². The standard InChI is InChI=1S/C68H118O6/c1-4-7-10-13-16-19-22-25-28-31-33-35-37-40-43-46-49-52-55-58-61-67(70)73-64-65(63-72-66(69)60-57-54-51-48-45-42-39-36-30-27-24-21-18-15-12-9-6-3)74-68(71)62-59-56-53-50-47-44-41-38-34-32-29-26-23-20-17-14-11-8-5-2/h8,11,17,20,26-27,29-30,34,38,44,47,53,56,65H,4-7,9-10,12-16,18-19,21-25,28,31-33,35-37,39-43,45-46,48-52,54-55,57-64H2,1-3H3/b11-8-,20-17-,29-26-,30-27-,38-34-,47-44-,56-53-. The molecule has 0 aliphatic carbocycles. The Morgan fingerprint density at radius 2 is 0.554 bits per heavy atom. The molecule has 0 saturated carbocycles. The van der Waals surface area contributed by atoms with Gasteiger partial charge in [0.1, 0.15) is 13.2 Å². The van der Waals surface area contributed by atoms with Crippen LogP contribution in [0.4, 0.5) is 0 Å². The topological polar surface area (TPSA) is 78.9 Å². The highest BCUT2D eigenvalue weighted by Crippen LogP contribution is 2.17. The Bertz CT molecular complexity index is 1420. The van der Waals surface area contributed by atoms with E-state index < -0.39 is 6.10 Å². The highest BCUT2D eigenvalue weighted by atomic mass is 16.6. The molecule has 0 aliphatic heterocycles. The third-order valence-corrected chi connectivity index (χ3v) is 13.6. The molecule has 0 rings (SSSR count). The van der Waals surface area contributed by atoms with E-state index in [1.807, 2.05) is 6.08 Å². The summed E-state index contributed by atoms with van der Waals surface area (Å²) in [5.41, 5.74) is 0. The van der Waals surface area contributed by atoms with E-state index in [9.17, 15) is 14.4 Å². The van der Waals surface area contributed by atoms with Gasteiger partial charge in [-0.25, -0.2) is 0 Å². The summed E-state index contributed by atoms with van der Waals surface area (Å²) in [7, 11) is 0. The van der Waals surface area contributed by atoms with Crippen LogP contribution in [-0.2, 0) is 28.6 Å². The van der Waals surface area contributed by atoms with Crippen molar-refractivity contribution in [2.75, 3.05) is 13.2 Å². The predicted molar refractivity (Wildman–Crippen MR) is 321 cm³/mol. The van der Waals surface area contributed by atoms with Gasteiger partial charge in [0.25, 0.3) is 0 Å². The molecule has 0 aromatic heterocycles. The molecule has 0 aromatic carbocycles. The molecule has 0 aliphatic rings. The maximum absolute atomic E-state index is 12.9. The fourth-order valence-corrected chi connectivity index (χ4v) is 8.94. The molecule has 74 heavy (non-hydrogen) atoms. The summed E-state index contributed by atoms with van der Waals surface area (Å²) in [6.07, 6.45) is 81.7. The minimum Gasteiger partial charge on any atom is -0.462 e. The molecule has 426 valence electrons. The van der Waals surface area contributed by atoms with Crippen molar-refractivity contribution in [1.82, 2.24) is 0 Å². The lowest BCUT2D eigenvalue weighted by Crippen LogP contribution is -2.30. The van der Waals surface area contributed by atoms with Crippen molar-refractivity contribution in [3.8, 4) is 0 Å². The van der Waals surface area contributed by atoms with Gasteiger partial charge in [0, 0.05) is 19.3 Å². The molecule has 1 atom stereocenters. The summed E-state index contributed by atoms with van der Waals surface area (Å²) in [5, 5.41) is 0. The highest BCUT2D eigenvalue weighted by Gasteiger charge is 2.19. The Labute approximate surface area is 458 Å². The smallest absolute Gasteiger partial charge is 0.306 e. The van der Waals surface area contributed by atoms with E-state index in [1.165, 1.54) is 186 Å². The third kappa shape index (κ3) is 59.5. The van der Waals surface area contributed by atoms with Crippen molar-refractivity contribution in [2.45, 2.75) is 316 Å². The van der Waals surface area contributed by atoms with Gasteiger partial charge in [-0.15, -0.1) is 0 Å². The van der Waals surface area contributed by atoms with Crippen molar-refractivity contribution in [3.63, 3.8) is 0 Å². The molecule has 6 nitrogen and oxygen atoms in total. The summed E-state index contributed by atoms with van der Waals surface area (Å²) in [5.74, 6) is -0.981. The van der Waals surface area contributed by atoms with Gasteiger partial charge < -0.3 is 14.2 Å². The lowest BCUT2D eigenvalue weighted by molar-refractivity contribution is -0.166. The maximum Gasteiger partial charge on any atom is 0.306 e. The number of carbonyl (C=O) groups excluding carboxylic acids is 3. The average molecular weight is 1030 g/mol. The normalized spacial score (nSPS) is 12.6. The van der Waals surface area contributed by atoms with Crippen LogP contribution >= 0.6 is 0 Å². The van der Waals surface area contributed by atoms with Crippen LogP contribution in [0, 0.1) is 0 Å². The fraction of sp³-hybridized carbons (Fsp3) is 0.750. The van der Waals surface area contributed by atoms with E-state index in [-0.39, 0.29) is 37.5 Å².